The maximum Gasteiger partial charge on any atom is 0.155 e. The van der Waals surface area contributed by atoms with Gasteiger partial charge in [-0.3, -0.25) is 4.79 Å². The summed E-state index contributed by atoms with van der Waals surface area (Å²) in [5, 5.41) is 18.1. The van der Waals surface area contributed by atoms with E-state index in [9.17, 15) is 4.79 Å². The number of hydrogen-bond acceptors (Lipinski definition) is 4. The first kappa shape index (κ1) is 16.5. The molecule has 0 bridgehead atoms. The molecular formula is C18H23NO3. The summed E-state index contributed by atoms with van der Waals surface area (Å²) in [4.78, 5) is 13.3. The second kappa shape index (κ2) is 8.51. The number of ketones is 1. The van der Waals surface area contributed by atoms with Crippen LogP contribution in [-0.4, -0.2) is 42.3 Å². The average molecular weight is 301 g/mol. The van der Waals surface area contributed by atoms with Crippen LogP contribution in [0.2, 0.25) is 0 Å². The quantitative estimate of drug-likeness (QED) is 0.810. The maximum atomic E-state index is 11.4. The Kier molecular flexibility index (Phi) is 6.37. The highest BCUT2D eigenvalue weighted by atomic mass is 16.3. The van der Waals surface area contributed by atoms with E-state index in [0.29, 0.717) is 19.5 Å². The van der Waals surface area contributed by atoms with E-state index in [2.05, 4.69) is 0 Å². The van der Waals surface area contributed by atoms with Crippen molar-refractivity contribution in [1.29, 1.82) is 0 Å². The molecule has 4 heteroatoms. The number of benzene rings is 1. The lowest BCUT2D eigenvalue weighted by molar-refractivity contribution is -0.115. The molecule has 0 saturated heterocycles. The van der Waals surface area contributed by atoms with Gasteiger partial charge in [-0.15, -0.1) is 0 Å². The van der Waals surface area contributed by atoms with Crippen LogP contribution in [0.5, 0.6) is 0 Å². The van der Waals surface area contributed by atoms with Crippen molar-refractivity contribution in [3.8, 4) is 0 Å². The molecule has 1 aromatic rings. The summed E-state index contributed by atoms with van der Waals surface area (Å²) in [5.74, 6) is 0.213. The van der Waals surface area contributed by atoms with Crippen molar-refractivity contribution >= 4 is 17.5 Å². The zero-order valence-corrected chi connectivity index (χ0v) is 12.7. The summed E-state index contributed by atoms with van der Waals surface area (Å²) in [5.41, 5.74) is 3.13. The Morgan fingerprint density at radius 1 is 1.00 bits per heavy atom. The number of hydrogen-bond donors (Lipinski definition) is 2. The zero-order chi connectivity index (χ0) is 15.8. The van der Waals surface area contributed by atoms with Crippen molar-refractivity contribution in [2.24, 2.45) is 0 Å². The van der Waals surface area contributed by atoms with Crippen molar-refractivity contribution in [1.82, 2.24) is 0 Å². The number of rotatable bonds is 7. The van der Waals surface area contributed by atoms with Crippen molar-refractivity contribution in [2.45, 2.75) is 19.3 Å². The third-order valence-corrected chi connectivity index (χ3v) is 3.72. The Morgan fingerprint density at radius 2 is 1.68 bits per heavy atom. The Labute approximate surface area is 131 Å². The van der Waals surface area contributed by atoms with Crippen LogP contribution in [-0.2, 0) is 4.79 Å². The largest absolute Gasteiger partial charge is 0.395 e. The number of aliphatic hydroxyl groups is 2. The number of carbonyl (C=O) groups excluding carboxylic acids is 1. The molecule has 0 atom stereocenters. The molecule has 4 nitrogen and oxygen atoms in total. The fourth-order valence-electron chi connectivity index (χ4n) is 2.56. The summed E-state index contributed by atoms with van der Waals surface area (Å²) >= 11 is 0. The van der Waals surface area contributed by atoms with Crippen LogP contribution in [0.4, 0.5) is 5.69 Å². The summed E-state index contributed by atoms with van der Waals surface area (Å²) in [6.07, 6.45) is 8.31. The van der Waals surface area contributed by atoms with Gasteiger partial charge in [0, 0.05) is 25.2 Å². The van der Waals surface area contributed by atoms with Gasteiger partial charge >= 0.3 is 0 Å². The predicted octanol–water partition coefficient (Wildman–Crippen LogP) is 2.17. The van der Waals surface area contributed by atoms with Crippen LogP contribution in [0.25, 0.3) is 6.08 Å². The second-order valence-corrected chi connectivity index (χ2v) is 5.40. The molecule has 0 fully saturated rings. The van der Waals surface area contributed by atoms with E-state index in [-0.39, 0.29) is 19.0 Å². The molecule has 1 aromatic carbocycles. The van der Waals surface area contributed by atoms with Crippen LogP contribution >= 0.6 is 0 Å². The number of anilines is 1. The van der Waals surface area contributed by atoms with Crippen molar-refractivity contribution in [2.75, 3.05) is 31.2 Å². The van der Waals surface area contributed by atoms with Crippen LogP contribution in [0.15, 0.2) is 42.0 Å². The van der Waals surface area contributed by atoms with Gasteiger partial charge in [-0.2, -0.15) is 0 Å². The van der Waals surface area contributed by atoms with Gasteiger partial charge in [-0.1, -0.05) is 24.3 Å². The minimum absolute atomic E-state index is 0.0594. The van der Waals surface area contributed by atoms with Crippen molar-refractivity contribution < 1.29 is 15.0 Å². The lowest BCUT2D eigenvalue weighted by Gasteiger charge is -2.22. The monoisotopic (exact) mass is 301 g/mol. The molecule has 0 saturated carbocycles. The Balaban J connectivity index is 2.03. The molecule has 0 unspecified atom stereocenters. The third-order valence-electron chi connectivity index (χ3n) is 3.72. The summed E-state index contributed by atoms with van der Waals surface area (Å²) in [6.45, 7) is 1.13. The first-order valence-electron chi connectivity index (χ1n) is 7.71. The van der Waals surface area contributed by atoms with Crippen molar-refractivity contribution in [3.63, 3.8) is 0 Å². The number of carbonyl (C=O) groups is 1. The number of aliphatic hydroxyl groups excluding tert-OH is 2. The Hall–Kier alpha value is -1.91. The smallest absolute Gasteiger partial charge is 0.155 e. The van der Waals surface area contributed by atoms with E-state index in [1.165, 1.54) is 0 Å². The van der Waals surface area contributed by atoms with Gasteiger partial charge in [-0.05, 0) is 42.2 Å². The van der Waals surface area contributed by atoms with E-state index < -0.39 is 0 Å². The highest BCUT2D eigenvalue weighted by Crippen LogP contribution is 2.19. The Morgan fingerprint density at radius 3 is 2.27 bits per heavy atom. The molecule has 0 radical (unpaired) electrons. The average Bonchev–Trinajstić information content (AvgIpc) is 2.53. The van der Waals surface area contributed by atoms with Crippen LogP contribution < -0.4 is 4.90 Å². The topological polar surface area (TPSA) is 60.8 Å². The molecule has 0 amide bonds. The highest BCUT2D eigenvalue weighted by Gasteiger charge is 2.07. The van der Waals surface area contributed by atoms with E-state index >= 15 is 0 Å². The molecule has 22 heavy (non-hydrogen) atoms. The fraction of sp³-hybridized carbons (Fsp3) is 0.389. The van der Waals surface area contributed by atoms with E-state index in [4.69, 9.17) is 10.2 Å². The summed E-state index contributed by atoms with van der Waals surface area (Å²) in [6, 6.07) is 7.95. The fourth-order valence-corrected chi connectivity index (χ4v) is 2.56. The van der Waals surface area contributed by atoms with E-state index in [1.54, 1.807) is 6.08 Å². The van der Waals surface area contributed by atoms with Gasteiger partial charge in [-0.25, -0.2) is 0 Å². The minimum atomic E-state index is 0.0594. The third kappa shape index (κ3) is 4.83. The summed E-state index contributed by atoms with van der Waals surface area (Å²) in [7, 11) is 0. The molecular weight excluding hydrogens is 278 g/mol. The molecule has 0 spiro atoms. The highest BCUT2D eigenvalue weighted by molar-refractivity contribution is 5.91. The van der Waals surface area contributed by atoms with Gasteiger partial charge in [0.1, 0.15) is 0 Å². The van der Waals surface area contributed by atoms with Crippen LogP contribution in [0.3, 0.4) is 0 Å². The maximum absolute atomic E-state index is 11.4. The van der Waals surface area contributed by atoms with E-state index in [0.717, 1.165) is 29.7 Å². The van der Waals surface area contributed by atoms with Crippen molar-refractivity contribution in [3.05, 3.63) is 47.6 Å². The van der Waals surface area contributed by atoms with E-state index in [1.807, 2.05) is 41.3 Å². The molecule has 1 aliphatic rings. The number of allylic oxidation sites excluding steroid dienone is 3. The van der Waals surface area contributed by atoms with Gasteiger partial charge in [0.25, 0.3) is 0 Å². The lowest BCUT2D eigenvalue weighted by Crippen LogP contribution is -2.29. The normalized spacial score (nSPS) is 15.2. The van der Waals surface area contributed by atoms with Gasteiger partial charge in [0.05, 0.1) is 13.2 Å². The second-order valence-electron chi connectivity index (χ2n) is 5.40. The van der Waals surface area contributed by atoms with Gasteiger partial charge < -0.3 is 15.1 Å². The Bertz CT molecular complexity index is 540. The number of nitrogens with zero attached hydrogens (tertiary/aromatic N) is 1. The van der Waals surface area contributed by atoms with Gasteiger partial charge in [0.15, 0.2) is 5.78 Å². The molecule has 2 N–H and O–H groups in total. The van der Waals surface area contributed by atoms with Gasteiger partial charge in [0.2, 0.25) is 0 Å². The standard InChI is InChI=1S/C18H23NO3/c20-12-10-19(11-13-21)17-8-6-15(7-9-17)4-5-16-2-1-3-18(22)14-16/h4-9,14,20-21H,1-3,10-13H2. The minimum Gasteiger partial charge on any atom is -0.395 e. The zero-order valence-electron chi connectivity index (χ0n) is 12.7. The molecule has 1 aliphatic carbocycles. The molecule has 0 aliphatic heterocycles. The molecule has 118 valence electrons. The predicted molar refractivity (Wildman–Crippen MR) is 88.8 cm³/mol. The first-order valence-corrected chi connectivity index (χ1v) is 7.71. The van der Waals surface area contributed by atoms with Crippen LogP contribution in [0.1, 0.15) is 24.8 Å². The molecule has 0 heterocycles. The first-order chi connectivity index (χ1) is 10.7. The SMILES string of the molecule is O=C1C=C(C=Cc2ccc(N(CCO)CCO)cc2)CCC1. The molecule has 2 rings (SSSR count). The van der Waals surface area contributed by atoms with Crippen LogP contribution in [0, 0.1) is 0 Å². The summed E-state index contributed by atoms with van der Waals surface area (Å²) < 4.78 is 0. The lowest BCUT2D eigenvalue weighted by atomic mass is 9.98. The molecule has 0 aromatic heterocycles.